The number of thiophene rings is 1. The van der Waals surface area contributed by atoms with Crippen molar-refractivity contribution in [2.24, 2.45) is 11.7 Å². The number of carbonyl (C=O) groups is 1. The lowest BCUT2D eigenvalue weighted by atomic mass is 10.0. The minimum Gasteiger partial charge on any atom is -0.349 e. The molecule has 0 fully saturated rings. The molecular formula is C12H20N2OS. The molecule has 0 radical (unpaired) electrons. The Hall–Kier alpha value is -0.870. The largest absolute Gasteiger partial charge is 0.349 e. The smallest absolute Gasteiger partial charge is 0.220 e. The van der Waals surface area contributed by atoms with Gasteiger partial charge < -0.3 is 11.1 Å². The second-order valence-electron chi connectivity index (χ2n) is 4.02. The van der Waals surface area contributed by atoms with Gasteiger partial charge in [0.05, 0.1) is 6.04 Å². The molecule has 3 N–H and O–H groups in total. The molecule has 0 aromatic carbocycles. The van der Waals surface area contributed by atoms with E-state index in [2.05, 4.69) is 12.2 Å². The van der Waals surface area contributed by atoms with Crippen LogP contribution >= 0.6 is 11.3 Å². The van der Waals surface area contributed by atoms with E-state index in [1.807, 2.05) is 24.4 Å². The van der Waals surface area contributed by atoms with Gasteiger partial charge in [-0.3, -0.25) is 4.79 Å². The molecule has 1 amide bonds. The lowest BCUT2D eigenvalue weighted by Gasteiger charge is -2.15. The quantitative estimate of drug-likeness (QED) is 0.801. The van der Waals surface area contributed by atoms with Gasteiger partial charge in [-0.05, 0) is 30.8 Å². The summed E-state index contributed by atoms with van der Waals surface area (Å²) in [5, 5.41) is 5.02. The zero-order valence-corrected chi connectivity index (χ0v) is 10.7. The van der Waals surface area contributed by atoms with E-state index in [4.69, 9.17) is 5.73 Å². The summed E-state index contributed by atoms with van der Waals surface area (Å²) in [4.78, 5) is 12.9. The number of nitrogens with one attached hydrogen (secondary N) is 1. The maximum Gasteiger partial charge on any atom is 0.220 e. The van der Waals surface area contributed by atoms with Crippen LogP contribution in [0.15, 0.2) is 17.5 Å². The summed E-state index contributed by atoms with van der Waals surface area (Å²) in [5.41, 5.74) is 5.58. The Morgan fingerprint density at radius 3 is 2.88 bits per heavy atom. The highest BCUT2D eigenvalue weighted by Gasteiger charge is 2.14. The molecule has 0 aliphatic rings. The van der Waals surface area contributed by atoms with Crippen molar-refractivity contribution in [1.82, 2.24) is 5.32 Å². The highest BCUT2D eigenvalue weighted by Crippen LogP contribution is 2.18. The first kappa shape index (κ1) is 13.2. The molecule has 3 nitrogen and oxygen atoms in total. The normalized spacial score (nSPS) is 14.4. The number of rotatable bonds is 6. The first-order chi connectivity index (χ1) is 7.67. The van der Waals surface area contributed by atoms with Gasteiger partial charge in [-0.2, -0.15) is 0 Å². The molecule has 1 unspecified atom stereocenters. The minimum atomic E-state index is 0.0956. The Balaban J connectivity index is 2.39. The minimum absolute atomic E-state index is 0.0956. The summed E-state index contributed by atoms with van der Waals surface area (Å²) < 4.78 is 0. The molecule has 1 aromatic rings. The predicted molar refractivity (Wildman–Crippen MR) is 68.3 cm³/mol. The SMILES string of the molecule is CCC(CN)CC(=O)N[C@H](C)c1cccs1. The summed E-state index contributed by atoms with van der Waals surface area (Å²) in [6, 6.07) is 4.13. The van der Waals surface area contributed by atoms with Crippen molar-refractivity contribution in [3.8, 4) is 0 Å². The van der Waals surface area contributed by atoms with E-state index in [1.165, 1.54) is 4.88 Å². The Bertz CT molecular complexity index is 307. The maximum absolute atomic E-state index is 11.7. The van der Waals surface area contributed by atoms with Crippen molar-refractivity contribution in [3.63, 3.8) is 0 Å². The van der Waals surface area contributed by atoms with Crippen molar-refractivity contribution in [3.05, 3.63) is 22.4 Å². The topological polar surface area (TPSA) is 55.1 Å². The summed E-state index contributed by atoms with van der Waals surface area (Å²) in [6.45, 7) is 4.65. The molecule has 0 aliphatic heterocycles. The number of amides is 1. The molecule has 16 heavy (non-hydrogen) atoms. The van der Waals surface area contributed by atoms with Crippen LogP contribution in [0.5, 0.6) is 0 Å². The van der Waals surface area contributed by atoms with Crippen LogP contribution in [0.4, 0.5) is 0 Å². The molecule has 1 rings (SSSR count). The van der Waals surface area contributed by atoms with Crippen LogP contribution in [0.1, 0.15) is 37.6 Å². The molecule has 1 heterocycles. The lowest BCUT2D eigenvalue weighted by molar-refractivity contribution is -0.122. The summed E-state index contributed by atoms with van der Waals surface area (Å²) in [6.07, 6.45) is 1.49. The Labute approximate surface area is 101 Å². The lowest BCUT2D eigenvalue weighted by Crippen LogP contribution is -2.29. The van der Waals surface area contributed by atoms with E-state index in [0.29, 0.717) is 18.9 Å². The van der Waals surface area contributed by atoms with E-state index < -0.39 is 0 Å². The average molecular weight is 240 g/mol. The third kappa shape index (κ3) is 3.94. The molecule has 4 heteroatoms. The fourth-order valence-electron chi connectivity index (χ4n) is 1.57. The van der Waals surface area contributed by atoms with Gasteiger partial charge in [0.1, 0.15) is 0 Å². The molecule has 90 valence electrons. The van der Waals surface area contributed by atoms with Crippen LogP contribution < -0.4 is 11.1 Å². The molecule has 2 atom stereocenters. The zero-order chi connectivity index (χ0) is 12.0. The molecular weight excluding hydrogens is 220 g/mol. The van der Waals surface area contributed by atoms with Crippen LogP contribution in [-0.4, -0.2) is 12.5 Å². The summed E-state index contributed by atoms with van der Waals surface area (Å²) >= 11 is 1.66. The first-order valence-electron chi connectivity index (χ1n) is 5.70. The third-order valence-electron chi connectivity index (χ3n) is 2.73. The van der Waals surface area contributed by atoms with Crippen molar-refractivity contribution in [2.45, 2.75) is 32.7 Å². The van der Waals surface area contributed by atoms with Gasteiger partial charge in [-0.15, -0.1) is 11.3 Å². The monoisotopic (exact) mass is 240 g/mol. The summed E-state index contributed by atoms with van der Waals surface area (Å²) in [5.74, 6) is 0.397. The van der Waals surface area contributed by atoms with Gasteiger partial charge in [0.15, 0.2) is 0 Å². The zero-order valence-electron chi connectivity index (χ0n) is 9.90. The molecule has 0 spiro atoms. The number of carbonyl (C=O) groups excluding carboxylic acids is 1. The fraction of sp³-hybridized carbons (Fsp3) is 0.583. The summed E-state index contributed by atoms with van der Waals surface area (Å²) in [7, 11) is 0. The van der Waals surface area contributed by atoms with Crippen LogP contribution in [0, 0.1) is 5.92 Å². The molecule has 0 bridgehead atoms. The Morgan fingerprint density at radius 1 is 1.62 bits per heavy atom. The van der Waals surface area contributed by atoms with E-state index in [1.54, 1.807) is 11.3 Å². The highest BCUT2D eigenvalue weighted by molar-refractivity contribution is 7.10. The Kier molecular flexibility index (Phi) is 5.49. The molecule has 0 saturated carbocycles. The van der Waals surface area contributed by atoms with Crippen LogP contribution in [0.3, 0.4) is 0 Å². The van der Waals surface area contributed by atoms with Crippen molar-refractivity contribution in [2.75, 3.05) is 6.54 Å². The number of hydrogen-bond donors (Lipinski definition) is 2. The van der Waals surface area contributed by atoms with Gasteiger partial charge in [0.25, 0.3) is 0 Å². The maximum atomic E-state index is 11.7. The van der Waals surface area contributed by atoms with E-state index in [0.717, 1.165) is 6.42 Å². The first-order valence-corrected chi connectivity index (χ1v) is 6.58. The highest BCUT2D eigenvalue weighted by atomic mass is 32.1. The number of hydrogen-bond acceptors (Lipinski definition) is 3. The second-order valence-corrected chi connectivity index (χ2v) is 5.00. The second kappa shape index (κ2) is 6.66. The molecule has 1 aromatic heterocycles. The van der Waals surface area contributed by atoms with Crippen LogP contribution in [0.2, 0.25) is 0 Å². The van der Waals surface area contributed by atoms with Crippen LogP contribution in [-0.2, 0) is 4.79 Å². The number of nitrogens with two attached hydrogens (primary N) is 1. The van der Waals surface area contributed by atoms with E-state index in [9.17, 15) is 4.79 Å². The third-order valence-corrected chi connectivity index (χ3v) is 3.79. The standard InChI is InChI=1S/C12H20N2OS/c1-3-10(8-13)7-12(15)14-9(2)11-5-4-6-16-11/h4-6,9-10H,3,7-8,13H2,1-2H3,(H,14,15)/t9-,10?/m1/s1. The van der Waals surface area contributed by atoms with Crippen molar-refractivity contribution in [1.29, 1.82) is 0 Å². The van der Waals surface area contributed by atoms with Crippen LogP contribution in [0.25, 0.3) is 0 Å². The van der Waals surface area contributed by atoms with Gasteiger partial charge in [-0.1, -0.05) is 19.4 Å². The van der Waals surface area contributed by atoms with E-state index in [-0.39, 0.29) is 11.9 Å². The fourth-order valence-corrected chi connectivity index (χ4v) is 2.30. The molecule has 0 saturated heterocycles. The van der Waals surface area contributed by atoms with Crippen molar-refractivity contribution < 1.29 is 4.79 Å². The van der Waals surface area contributed by atoms with Gasteiger partial charge >= 0.3 is 0 Å². The molecule has 0 aliphatic carbocycles. The Morgan fingerprint density at radius 2 is 2.38 bits per heavy atom. The average Bonchev–Trinajstić information content (AvgIpc) is 2.79. The van der Waals surface area contributed by atoms with Crippen molar-refractivity contribution >= 4 is 17.2 Å². The van der Waals surface area contributed by atoms with E-state index >= 15 is 0 Å². The van der Waals surface area contributed by atoms with Gasteiger partial charge in [0, 0.05) is 11.3 Å². The van der Waals surface area contributed by atoms with Gasteiger partial charge in [-0.25, -0.2) is 0 Å². The van der Waals surface area contributed by atoms with Gasteiger partial charge in [0.2, 0.25) is 5.91 Å². The predicted octanol–water partition coefficient (Wildman–Crippen LogP) is 2.30.